The first-order valence-electron chi connectivity index (χ1n) is 16.3. The van der Waals surface area contributed by atoms with Crippen LogP contribution >= 0.6 is 0 Å². The van der Waals surface area contributed by atoms with E-state index in [0.29, 0.717) is 11.8 Å². The first-order valence-corrected chi connectivity index (χ1v) is 16.3. The number of carboxylic acid groups (broad SMARTS) is 1. The number of hydrogen-bond donors (Lipinski definition) is 1. The Bertz CT molecular complexity index is 1340. The molecule has 0 amide bonds. The molecule has 0 radical (unpaired) electrons. The largest absolute Gasteiger partial charge is 0.480 e. The molecule has 1 saturated carbocycles. The molecule has 5 atom stereocenters. The van der Waals surface area contributed by atoms with Crippen LogP contribution in [0.15, 0.2) is 60.7 Å². The van der Waals surface area contributed by atoms with Gasteiger partial charge in [0.1, 0.15) is 11.9 Å². The second-order valence-corrected chi connectivity index (χ2v) is 13.0. The van der Waals surface area contributed by atoms with Crippen LogP contribution in [0, 0.1) is 17.7 Å². The van der Waals surface area contributed by atoms with Gasteiger partial charge in [-0.1, -0.05) is 62.7 Å². The monoisotopic (exact) mass is 588 g/mol. The normalized spacial score (nSPS) is 23.1. The van der Waals surface area contributed by atoms with Crippen LogP contribution in [0.5, 0.6) is 0 Å². The lowest BCUT2D eigenvalue weighted by molar-refractivity contribution is -0.145. The fraction of sp³-hybridized carbons (Fsp3) is 0.556. The van der Waals surface area contributed by atoms with E-state index in [4.69, 9.17) is 5.10 Å². The molecule has 1 aliphatic carbocycles. The van der Waals surface area contributed by atoms with E-state index in [-0.39, 0.29) is 23.7 Å². The van der Waals surface area contributed by atoms with E-state index < -0.39 is 12.0 Å². The number of aromatic nitrogens is 2. The lowest BCUT2D eigenvalue weighted by atomic mass is 9.87. The molecule has 43 heavy (non-hydrogen) atoms. The van der Waals surface area contributed by atoms with Gasteiger partial charge in [-0.25, -0.2) is 4.39 Å². The summed E-state index contributed by atoms with van der Waals surface area (Å²) in [6, 6.07) is 19.6. The molecule has 0 unspecified atom stereocenters. The first kappa shape index (κ1) is 31.4. The van der Waals surface area contributed by atoms with E-state index in [9.17, 15) is 14.3 Å². The number of aryl methyl sites for hydroxylation is 1. The molecule has 2 aliphatic rings. The summed E-state index contributed by atoms with van der Waals surface area (Å²) in [7, 11) is 1.98. The van der Waals surface area contributed by atoms with E-state index in [0.717, 1.165) is 76.0 Å². The van der Waals surface area contributed by atoms with E-state index in [2.05, 4.69) is 70.8 Å². The van der Waals surface area contributed by atoms with Gasteiger partial charge in [-0.3, -0.25) is 14.4 Å². The minimum Gasteiger partial charge on any atom is -0.480 e. The molecule has 1 aliphatic heterocycles. The summed E-state index contributed by atoms with van der Waals surface area (Å²) in [5.74, 6) is 0.198. The molecule has 3 aromatic rings. The predicted molar refractivity (Wildman–Crippen MR) is 170 cm³/mol. The zero-order valence-corrected chi connectivity index (χ0v) is 26.3. The van der Waals surface area contributed by atoms with Gasteiger partial charge in [0.2, 0.25) is 0 Å². The summed E-state index contributed by atoms with van der Waals surface area (Å²) < 4.78 is 16.5. The number of halogens is 1. The average Bonchev–Trinajstić information content (AvgIpc) is 3.62. The molecule has 2 heterocycles. The Morgan fingerprint density at radius 3 is 2.47 bits per heavy atom. The summed E-state index contributed by atoms with van der Waals surface area (Å²) in [6.07, 6.45) is 5.69. The average molecular weight is 589 g/mol. The highest BCUT2D eigenvalue weighted by molar-refractivity contribution is 5.73. The van der Waals surface area contributed by atoms with E-state index in [1.165, 1.54) is 17.3 Å². The number of likely N-dealkylation sites (tertiary alicyclic amines) is 1. The maximum Gasteiger partial charge on any atom is 0.321 e. The third kappa shape index (κ3) is 7.38. The molecule has 2 aromatic carbocycles. The highest BCUT2D eigenvalue weighted by Crippen LogP contribution is 2.44. The van der Waals surface area contributed by atoms with Crippen LogP contribution in [-0.4, -0.2) is 69.4 Å². The zero-order valence-electron chi connectivity index (χ0n) is 26.3. The van der Waals surface area contributed by atoms with Crippen molar-refractivity contribution in [2.45, 2.75) is 89.8 Å². The minimum absolute atomic E-state index is 0.0676. The molecule has 2 fully saturated rings. The van der Waals surface area contributed by atoms with Crippen molar-refractivity contribution in [1.29, 1.82) is 0 Å². The van der Waals surface area contributed by atoms with E-state index >= 15 is 0 Å². The van der Waals surface area contributed by atoms with Crippen LogP contribution in [-0.2, 0) is 17.8 Å². The number of nitrogens with zero attached hydrogens (tertiary/aromatic N) is 4. The molecule has 7 heteroatoms. The standard InChI is InChI=1S/C36H49FN4O2/c1-5-25(3)35(36(42)43)39(4)32-21-29(33(23-32)28-13-10-14-30(37)20-28)24-40-17-15-27(16-18-40)34-22-31(38-41(34)6-2)19-26-11-8-7-9-12-26/h7-14,20,22,25,27,29,32-33,35H,5-6,15-19,21,23-24H2,1-4H3,(H,42,43)/t25-,29-,32+,33-,35-/m1/s1. The van der Waals surface area contributed by atoms with Gasteiger partial charge in [-0.15, -0.1) is 0 Å². The lowest BCUT2D eigenvalue weighted by Crippen LogP contribution is -2.47. The molecule has 5 rings (SSSR count). The summed E-state index contributed by atoms with van der Waals surface area (Å²) >= 11 is 0. The molecule has 232 valence electrons. The molecule has 1 aromatic heterocycles. The van der Waals surface area contributed by atoms with Crippen LogP contribution < -0.4 is 0 Å². The van der Waals surface area contributed by atoms with Gasteiger partial charge >= 0.3 is 5.97 Å². The van der Waals surface area contributed by atoms with Gasteiger partial charge in [0.15, 0.2) is 0 Å². The maximum atomic E-state index is 14.3. The summed E-state index contributed by atoms with van der Waals surface area (Å²) in [4.78, 5) is 17.0. The smallest absolute Gasteiger partial charge is 0.321 e. The summed E-state index contributed by atoms with van der Waals surface area (Å²) in [5, 5.41) is 15.0. The van der Waals surface area contributed by atoms with E-state index in [1.54, 1.807) is 6.07 Å². The van der Waals surface area contributed by atoms with Gasteiger partial charge < -0.3 is 10.0 Å². The predicted octanol–water partition coefficient (Wildman–Crippen LogP) is 6.81. The summed E-state index contributed by atoms with van der Waals surface area (Å²) in [5.41, 5.74) is 4.83. The second kappa shape index (κ2) is 14.2. The highest BCUT2D eigenvalue weighted by Gasteiger charge is 2.42. The third-order valence-corrected chi connectivity index (χ3v) is 10.3. The van der Waals surface area contributed by atoms with Gasteiger partial charge in [0, 0.05) is 37.2 Å². The van der Waals surface area contributed by atoms with Crippen molar-refractivity contribution >= 4 is 5.97 Å². The third-order valence-electron chi connectivity index (χ3n) is 10.3. The Labute approximate surface area is 256 Å². The van der Waals surface area contributed by atoms with E-state index in [1.807, 2.05) is 20.0 Å². The molecular formula is C36H49FN4O2. The molecule has 6 nitrogen and oxygen atoms in total. The van der Waals surface area contributed by atoms with Crippen molar-refractivity contribution in [3.8, 4) is 0 Å². The number of hydrogen-bond acceptors (Lipinski definition) is 4. The van der Waals surface area contributed by atoms with Crippen LogP contribution in [0.25, 0.3) is 0 Å². The van der Waals surface area contributed by atoms with Gasteiger partial charge in [-0.2, -0.15) is 5.10 Å². The number of piperidine rings is 1. The van der Waals surface area contributed by atoms with Gasteiger partial charge in [0.25, 0.3) is 0 Å². The number of likely N-dealkylation sites (N-methyl/N-ethyl adjacent to an activating group) is 1. The Balaban J connectivity index is 1.26. The van der Waals surface area contributed by atoms with Crippen molar-refractivity contribution in [1.82, 2.24) is 19.6 Å². The number of carboxylic acids is 1. The number of rotatable bonds is 12. The molecule has 0 spiro atoms. The Morgan fingerprint density at radius 1 is 1.07 bits per heavy atom. The maximum absolute atomic E-state index is 14.3. The number of carbonyl (C=O) groups is 1. The van der Waals surface area contributed by atoms with Crippen molar-refractivity contribution in [3.05, 3.63) is 89.0 Å². The van der Waals surface area contributed by atoms with Crippen molar-refractivity contribution < 1.29 is 14.3 Å². The van der Waals surface area contributed by atoms with Crippen LogP contribution in [0.1, 0.15) is 87.2 Å². The van der Waals surface area contributed by atoms with Gasteiger partial charge in [0.05, 0.1) is 5.69 Å². The van der Waals surface area contributed by atoms with Crippen molar-refractivity contribution in [2.24, 2.45) is 11.8 Å². The zero-order chi connectivity index (χ0) is 30.5. The quantitative estimate of drug-likeness (QED) is 0.252. The SMILES string of the molecule is CC[C@@H](C)[C@H](C(=O)O)N(C)[C@H]1C[C@H](CN2CCC(c3cc(Cc4ccccc4)nn3CC)CC2)[C@@H](c2cccc(F)c2)C1. The second-order valence-electron chi connectivity index (χ2n) is 13.0. The Hall–Kier alpha value is -3.03. The summed E-state index contributed by atoms with van der Waals surface area (Å²) in [6.45, 7) is 10.2. The topological polar surface area (TPSA) is 61.6 Å². The molecule has 1 saturated heterocycles. The first-order chi connectivity index (χ1) is 20.8. The van der Waals surface area contributed by atoms with Crippen LogP contribution in [0.3, 0.4) is 0 Å². The Morgan fingerprint density at radius 2 is 1.81 bits per heavy atom. The van der Waals surface area contributed by atoms with Gasteiger partial charge in [-0.05, 0) is 99.8 Å². The van der Waals surface area contributed by atoms with Crippen LogP contribution in [0.4, 0.5) is 4.39 Å². The fourth-order valence-electron chi connectivity index (χ4n) is 7.75. The van der Waals surface area contributed by atoms with Crippen molar-refractivity contribution in [3.63, 3.8) is 0 Å². The lowest BCUT2D eigenvalue weighted by Gasteiger charge is -2.35. The Kier molecular flexibility index (Phi) is 10.3. The van der Waals surface area contributed by atoms with Crippen LogP contribution in [0.2, 0.25) is 0 Å². The number of aliphatic carboxylic acids is 1. The fourth-order valence-corrected chi connectivity index (χ4v) is 7.75. The minimum atomic E-state index is -0.747. The highest BCUT2D eigenvalue weighted by atomic mass is 19.1. The molecule has 0 bridgehead atoms. The number of benzene rings is 2. The molecule has 1 N–H and O–H groups in total. The van der Waals surface area contributed by atoms with Crippen molar-refractivity contribution in [2.75, 3.05) is 26.7 Å². The molecular weight excluding hydrogens is 539 g/mol.